The summed E-state index contributed by atoms with van der Waals surface area (Å²) in [5.41, 5.74) is 8.78. The number of aromatic nitrogens is 1. The third-order valence-corrected chi connectivity index (χ3v) is 11.8. The molecule has 8 aromatic rings. The Bertz CT molecular complexity index is 2770. The largest absolute Gasteiger partial charge is 0.456 e. The molecule has 230 valence electrons. The first kappa shape index (κ1) is 27.8. The van der Waals surface area contributed by atoms with Crippen LogP contribution in [0.2, 0.25) is 0 Å². The van der Waals surface area contributed by atoms with E-state index in [9.17, 15) is 0 Å². The van der Waals surface area contributed by atoms with Crippen molar-refractivity contribution in [1.29, 1.82) is 0 Å². The number of thiophene rings is 1. The van der Waals surface area contributed by atoms with Gasteiger partial charge in [-0.25, -0.2) is 4.98 Å². The van der Waals surface area contributed by atoms with E-state index in [0.717, 1.165) is 46.0 Å². The number of allylic oxidation sites excluding steroid dienone is 8. The molecular weight excluding hydrogens is 603 g/mol. The summed E-state index contributed by atoms with van der Waals surface area (Å²) >= 11 is 1.89. The fourth-order valence-corrected chi connectivity index (χ4v) is 9.25. The van der Waals surface area contributed by atoms with E-state index in [2.05, 4.69) is 147 Å². The monoisotopic (exact) mass is 635 g/mol. The lowest BCUT2D eigenvalue weighted by molar-refractivity contribution is 0.582. The first-order valence-corrected chi connectivity index (χ1v) is 17.7. The van der Waals surface area contributed by atoms with Gasteiger partial charge in [0.05, 0.1) is 11.2 Å². The van der Waals surface area contributed by atoms with Gasteiger partial charge in [0.1, 0.15) is 11.2 Å². The van der Waals surface area contributed by atoms with Gasteiger partial charge in [0.15, 0.2) is 0 Å². The van der Waals surface area contributed by atoms with Gasteiger partial charge in [-0.05, 0) is 59.7 Å². The highest BCUT2D eigenvalue weighted by Crippen LogP contribution is 2.46. The maximum Gasteiger partial charge on any atom is 0.139 e. The molecule has 3 heteroatoms. The molecule has 48 heavy (non-hydrogen) atoms. The zero-order chi connectivity index (χ0) is 32.0. The predicted molar refractivity (Wildman–Crippen MR) is 206 cm³/mol. The average Bonchev–Trinajstić information content (AvgIpc) is 3.71. The van der Waals surface area contributed by atoms with Crippen LogP contribution in [-0.4, -0.2) is 4.98 Å². The zero-order valence-electron chi connectivity index (χ0n) is 27.0. The van der Waals surface area contributed by atoms with Crippen molar-refractivity contribution in [3.8, 4) is 0 Å². The van der Waals surface area contributed by atoms with Gasteiger partial charge in [-0.3, -0.25) is 0 Å². The van der Waals surface area contributed by atoms with Crippen molar-refractivity contribution in [3.63, 3.8) is 0 Å². The third kappa shape index (κ3) is 4.07. The quantitative estimate of drug-likeness (QED) is 0.181. The Hall–Kier alpha value is -5.25. The highest BCUT2D eigenvalue weighted by molar-refractivity contribution is 7.26. The first-order valence-electron chi connectivity index (χ1n) is 16.9. The predicted octanol–water partition coefficient (Wildman–Crippen LogP) is 12.9. The topological polar surface area (TPSA) is 26.0 Å². The van der Waals surface area contributed by atoms with Crippen molar-refractivity contribution in [3.05, 3.63) is 150 Å². The SMILES string of the molecule is CC1C=CC(c2nc3ccccc3c3c2ccc2oc4c(C5(C)C=CC(c6cccc7c6sc6ccccc67)=CC5)cccc4c23)=CC1. The second-order valence-corrected chi connectivity index (χ2v) is 14.8. The summed E-state index contributed by atoms with van der Waals surface area (Å²) in [5, 5.41) is 8.57. The van der Waals surface area contributed by atoms with E-state index in [-0.39, 0.29) is 5.41 Å². The van der Waals surface area contributed by atoms with Gasteiger partial charge in [-0.2, -0.15) is 0 Å². The Morgan fingerprint density at radius 2 is 1.54 bits per heavy atom. The van der Waals surface area contributed by atoms with E-state index in [0.29, 0.717) is 5.92 Å². The number of pyridine rings is 1. The van der Waals surface area contributed by atoms with E-state index in [1.165, 1.54) is 58.6 Å². The average molecular weight is 636 g/mol. The molecule has 0 radical (unpaired) electrons. The lowest BCUT2D eigenvalue weighted by Gasteiger charge is -2.29. The fraction of sp³-hybridized carbons (Fsp3) is 0.133. The fourth-order valence-electron chi connectivity index (χ4n) is 8.01. The summed E-state index contributed by atoms with van der Waals surface area (Å²) in [7, 11) is 0. The van der Waals surface area contributed by atoms with Crippen molar-refractivity contribution in [1.82, 2.24) is 4.98 Å². The van der Waals surface area contributed by atoms with Gasteiger partial charge >= 0.3 is 0 Å². The second kappa shape index (κ2) is 10.4. The molecule has 0 spiro atoms. The van der Waals surface area contributed by atoms with Gasteiger partial charge < -0.3 is 4.42 Å². The molecule has 0 aliphatic heterocycles. The molecule has 2 unspecified atom stereocenters. The maximum atomic E-state index is 6.86. The molecule has 0 amide bonds. The van der Waals surface area contributed by atoms with Gasteiger partial charge in [0, 0.05) is 58.1 Å². The van der Waals surface area contributed by atoms with Gasteiger partial charge in [-0.1, -0.05) is 123 Å². The van der Waals surface area contributed by atoms with Crippen LogP contribution in [0.5, 0.6) is 0 Å². The first-order chi connectivity index (χ1) is 23.6. The second-order valence-electron chi connectivity index (χ2n) is 13.7. The molecule has 0 N–H and O–H groups in total. The van der Waals surface area contributed by atoms with Crippen molar-refractivity contribution in [2.24, 2.45) is 5.92 Å². The summed E-state index contributed by atoms with van der Waals surface area (Å²) < 4.78 is 9.56. The van der Waals surface area contributed by atoms with Gasteiger partial charge in [0.2, 0.25) is 0 Å². The van der Waals surface area contributed by atoms with Crippen LogP contribution in [0.1, 0.15) is 43.5 Å². The Kier molecular flexibility index (Phi) is 6.01. The minimum atomic E-state index is -0.204. The summed E-state index contributed by atoms with van der Waals surface area (Å²) in [6, 6.07) is 35.1. The molecule has 0 bridgehead atoms. The van der Waals surface area contributed by atoms with Crippen molar-refractivity contribution in [2.75, 3.05) is 0 Å². The van der Waals surface area contributed by atoms with Crippen LogP contribution in [0.4, 0.5) is 0 Å². The Morgan fingerprint density at radius 3 is 2.40 bits per heavy atom. The number of rotatable bonds is 3. The molecular formula is C45H33NOS. The summed E-state index contributed by atoms with van der Waals surface area (Å²) in [6.45, 7) is 4.61. The lowest BCUT2D eigenvalue weighted by atomic mass is 9.75. The number of fused-ring (bicyclic) bond motifs is 10. The highest BCUT2D eigenvalue weighted by Gasteiger charge is 2.30. The van der Waals surface area contributed by atoms with Crippen molar-refractivity contribution < 1.29 is 4.42 Å². The summed E-state index contributed by atoms with van der Waals surface area (Å²) in [4.78, 5) is 5.22. The molecule has 3 aromatic heterocycles. The normalized spacial score (nSPS) is 19.7. The molecule has 2 nitrogen and oxygen atoms in total. The Balaban J connectivity index is 1.13. The molecule has 0 fully saturated rings. The molecule has 0 saturated heterocycles. The molecule has 2 aliphatic carbocycles. The van der Waals surface area contributed by atoms with Crippen LogP contribution in [0.25, 0.3) is 74.9 Å². The minimum absolute atomic E-state index is 0.204. The van der Waals surface area contributed by atoms with Crippen LogP contribution in [-0.2, 0) is 5.41 Å². The number of benzene rings is 5. The van der Waals surface area contributed by atoms with Crippen molar-refractivity contribution >= 4 is 86.3 Å². The zero-order valence-corrected chi connectivity index (χ0v) is 27.8. The molecule has 5 aromatic carbocycles. The highest BCUT2D eigenvalue weighted by atomic mass is 32.1. The van der Waals surface area contributed by atoms with E-state index >= 15 is 0 Å². The van der Waals surface area contributed by atoms with Crippen LogP contribution >= 0.6 is 11.3 Å². The van der Waals surface area contributed by atoms with E-state index < -0.39 is 0 Å². The van der Waals surface area contributed by atoms with Crippen LogP contribution < -0.4 is 0 Å². The van der Waals surface area contributed by atoms with Crippen LogP contribution in [0.15, 0.2) is 138 Å². The molecule has 0 saturated carbocycles. The molecule has 2 aliphatic rings. The van der Waals surface area contributed by atoms with E-state index in [4.69, 9.17) is 9.40 Å². The Labute approximate surface area is 283 Å². The third-order valence-electron chi connectivity index (χ3n) is 10.6. The Morgan fingerprint density at radius 1 is 0.729 bits per heavy atom. The van der Waals surface area contributed by atoms with E-state index in [1.807, 2.05) is 11.3 Å². The number of nitrogens with zero attached hydrogens (tertiary/aromatic N) is 1. The lowest BCUT2D eigenvalue weighted by Crippen LogP contribution is -2.20. The molecule has 2 atom stereocenters. The van der Waals surface area contributed by atoms with Gasteiger partial charge in [-0.15, -0.1) is 11.3 Å². The van der Waals surface area contributed by atoms with Crippen molar-refractivity contribution in [2.45, 2.75) is 32.1 Å². The van der Waals surface area contributed by atoms with Gasteiger partial charge in [0.25, 0.3) is 0 Å². The standard InChI is InChI=1S/C45H33NOS/c1-27-17-19-29(20-18-27)42-34-21-22-38-41(40(34)33-10-3-5-15-37(33)46-42)35-13-8-14-36(43(35)47-38)45(2)25-23-28(24-26-45)30-11-7-12-32-31-9-4-6-16-39(31)48-44(30)32/h3-17,19-25,27H,18,26H2,1-2H3. The summed E-state index contributed by atoms with van der Waals surface area (Å²) in [5.74, 6) is 0.550. The summed E-state index contributed by atoms with van der Waals surface area (Å²) in [6.07, 6.45) is 16.0. The number of hydrogen-bond acceptors (Lipinski definition) is 3. The van der Waals surface area contributed by atoms with E-state index in [1.54, 1.807) is 0 Å². The minimum Gasteiger partial charge on any atom is -0.456 e. The molecule has 10 rings (SSSR count). The number of para-hydroxylation sites is 2. The number of furan rings is 1. The maximum absolute atomic E-state index is 6.86. The number of hydrogen-bond donors (Lipinski definition) is 0. The molecule has 3 heterocycles. The van der Waals surface area contributed by atoms with Crippen LogP contribution in [0.3, 0.4) is 0 Å². The smallest absolute Gasteiger partial charge is 0.139 e. The van der Waals surface area contributed by atoms with Crippen LogP contribution in [0, 0.1) is 5.92 Å².